The molecule has 0 spiro atoms. The van der Waals surface area contributed by atoms with E-state index in [4.69, 9.17) is 0 Å². The van der Waals surface area contributed by atoms with Gasteiger partial charge in [0, 0.05) is 23.7 Å². The quantitative estimate of drug-likeness (QED) is 0.861. The van der Waals surface area contributed by atoms with E-state index in [-0.39, 0.29) is 29.2 Å². The summed E-state index contributed by atoms with van der Waals surface area (Å²) in [6.07, 6.45) is 3.17. The van der Waals surface area contributed by atoms with Crippen LogP contribution in [-0.2, 0) is 0 Å². The molecule has 1 aliphatic carbocycles. The van der Waals surface area contributed by atoms with Crippen LogP contribution in [0.2, 0.25) is 0 Å². The number of pyridine rings is 1. The second kappa shape index (κ2) is 5.58. The summed E-state index contributed by atoms with van der Waals surface area (Å²) in [4.78, 5) is 25.3. The van der Waals surface area contributed by atoms with Crippen LogP contribution in [0, 0.1) is 11.7 Å². The zero-order valence-electron chi connectivity index (χ0n) is 13.5. The molecule has 1 N–H and O–H groups in total. The Bertz CT molecular complexity index is 857. The van der Waals surface area contributed by atoms with Crippen molar-refractivity contribution >= 4 is 11.6 Å². The summed E-state index contributed by atoms with van der Waals surface area (Å²) in [5.74, 6) is 0.451. The van der Waals surface area contributed by atoms with E-state index in [1.54, 1.807) is 10.6 Å². The van der Waals surface area contributed by atoms with Crippen LogP contribution >= 0.6 is 0 Å². The second-order valence-corrected chi connectivity index (χ2v) is 6.73. The minimum atomic E-state index is -0.376. The SMILES string of the molecule is CC1Nc2c(C(=O)c3ccc(F)cc3)ccc(=O)n2C2CCCC12. The zero-order valence-corrected chi connectivity index (χ0v) is 13.5. The molecule has 0 saturated heterocycles. The zero-order chi connectivity index (χ0) is 16.8. The van der Waals surface area contributed by atoms with Crippen LogP contribution in [0.15, 0.2) is 41.2 Å². The molecule has 0 bridgehead atoms. The fourth-order valence-electron chi connectivity index (χ4n) is 4.17. The summed E-state index contributed by atoms with van der Waals surface area (Å²) < 4.78 is 14.9. The Kier molecular flexibility index (Phi) is 3.52. The number of carbonyl (C=O) groups is 1. The molecule has 1 saturated carbocycles. The predicted molar refractivity (Wildman–Crippen MR) is 90.0 cm³/mol. The van der Waals surface area contributed by atoms with Crippen LogP contribution in [0.3, 0.4) is 0 Å². The van der Waals surface area contributed by atoms with Crippen molar-refractivity contribution in [1.29, 1.82) is 0 Å². The number of carbonyl (C=O) groups excluding carboxylic acids is 1. The summed E-state index contributed by atoms with van der Waals surface area (Å²) in [7, 11) is 0. The molecule has 1 aromatic heterocycles. The Morgan fingerprint density at radius 3 is 2.67 bits per heavy atom. The Morgan fingerprint density at radius 1 is 1.17 bits per heavy atom. The first kappa shape index (κ1) is 15.1. The van der Waals surface area contributed by atoms with Crippen LogP contribution < -0.4 is 10.9 Å². The molecule has 4 nitrogen and oxygen atoms in total. The van der Waals surface area contributed by atoms with Crippen molar-refractivity contribution in [3.8, 4) is 0 Å². The van der Waals surface area contributed by atoms with Gasteiger partial charge in [-0.1, -0.05) is 6.42 Å². The number of anilines is 1. The number of nitrogens with zero attached hydrogens (tertiary/aromatic N) is 1. The minimum absolute atomic E-state index is 0.0723. The van der Waals surface area contributed by atoms with Crippen LogP contribution in [0.1, 0.15) is 48.1 Å². The number of hydrogen-bond acceptors (Lipinski definition) is 3. The molecule has 1 fully saturated rings. The molecule has 5 heteroatoms. The van der Waals surface area contributed by atoms with Gasteiger partial charge in [-0.25, -0.2) is 4.39 Å². The minimum Gasteiger partial charge on any atom is -0.368 e. The highest BCUT2D eigenvalue weighted by Gasteiger charge is 2.39. The van der Waals surface area contributed by atoms with Gasteiger partial charge in [0.1, 0.15) is 11.6 Å². The molecule has 2 aliphatic rings. The number of rotatable bonds is 2. The first-order valence-electron chi connectivity index (χ1n) is 8.38. The molecular formula is C19H19FN2O2. The van der Waals surface area contributed by atoms with Gasteiger partial charge in [0.15, 0.2) is 5.78 Å². The molecule has 2 heterocycles. The van der Waals surface area contributed by atoms with Gasteiger partial charge in [0.05, 0.1) is 5.56 Å². The fourth-order valence-corrected chi connectivity index (χ4v) is 4.17. The number of nitrogens with one attached hydrogen (secondary N) is 1. The molecule has 0 amide bonds. The number of ketones is 1. The normalized spacial score (nSPS) is 24.8. The molecule has 4 rings (SSSR count). The van der Waals surface area contributed by atoms with Gasteiger partial charge in [-0.2, -0.15) is 0 Å². The average Bonchev–Trinajstić information content (AvgIpc) is 3.05. The second-order valence-electron chi connectivity index (χ2n) is 6.73. The highest BCUT2D eigenvalue weighted by molar-refractivity contribution is 6.12. The van der Waals surface area contributed by atoms with Gasteiger partial charge in [-0.15, -0.1) is 0 Å². The van der Waals surface area contributed by atoms with E-state index >= 15 is 0 Å². The van der Waals surface area contributed by atoms with Gasteiger partial charge in [-0.3, -0.25) is 14.2 Å². The molecule has 24 heavy (non-hydrogen) atoms. The number of fused-ring (bicyclic) bond motifs is 3. The Morgan fingerprint density at radius 2 is 1.92 bits per heavy atom. The highest BCUT2D eigenvalue weighted by atomic mass is 19.1. The lowest BCUT2D eigenvalue weighted by atomic mass is 9.91. The molecule has 3 unspecified atom stereocenters. The van der Waals surface area contributed by atoms with Crippen molar-refractivity contribution < 1.29 is 9.18 Å². The summed E-state index contributed by atoms with van der Waals surface area (Å²) in [5, 5.41) is 3.37. The molecular weight excluding hydrogens is 307 g/mol. The lowest BCUT2D eigenvalue weighted by Crippen LogP contribution is -2.42. The van der Waals surface area contributed by atoms with Gasteiger partial charge in [0.25, 0.3) is 5.56 Å². The van der Waals surface area contributed by atoms with E-state index in [1.807, 2.05) is 0 Å². The van der Waals surface area contributed by atoms with Crippen LogP contribution in [0.25, 0.3) is 0 Å². The van der Waals surface area contributed by atoms with Crippen LogP contribution in [0.4, 0.5) is 10.2 Å². The van der Waals surface area contributed by atoms with Gasteiger partial charge >= 0.3 is 0 Å². The van der Waals surface area contributed by atoms with Crippen molar-refractivity contribution in [2.75, 3.05) is 5.32 Å². The molecule has 1 aliphatic heterocycles. The smallest absolute Gasteiger partial charge is 0.252 e. The first-order chi connectivity index (χ1) is 11.6. The third-order valence-corrected chi connectivity index (χ3v) is 5.35. The average molecular weight is 326 g/mol. The van der Waals surface area contributed by atoms with Crippen molar-refractivity contribution in [2.24, 2.45) is 5.92 Å². The summed E-state index contributed by atoms with van der Waals surface area (Å²) in [6, 6.07) is 8.93. The number of benzene rings is 1. The topological polar surface area (TPSA) is 51.1 Å². The molecule has 0 radical (unpaired) electrons. The van der Waals surface area contributed by atoms with Gasteiger partial charge in [-0.05, 0) is 56.0 Å². The van der Waals surface area contributed by atoms with E-state index in [2.05, 4.69) is 12.2 Å². The van der Waals surface area contributed by atoms with Crippen molar-refractivity contribution in [1.82, 2.24) is 4.57 Å². The van der Waals surface area contributed by atoms with Crippen molar-refractivity contribution in [3.63, 3.8) is 0 Å². The Balaban J connectivity index is 1.84. The number of aromatic nitrogens is 1. The van der Waals surface area contributed by atoms with E-state index in [9.17, 15) is 14.0 Å². The van der Waals surface area contributed by atoms with Crippen LogP contribution in [0.5, 0.6) is 0 Å². The maximum Gasteiger partial charge on any atom is 0.252 e. The van der Waals surface area contributed by atoms with E-state index in [0.717, 1.165) is 19.3 Å². The third-order valence-electron chi connectivity index (χ3n) is 5.35. The maximum absolute atomic E-state index is 13.1. The van der Waals surface area contributed by atoms with E-state index in [1.165, 1.54) is 30.3 Å². The largest absolute Gasteiger partial charge is 0.368 e. The molecule has 1 aromatic carbocycles. The lowest BCUT2D eigenvalue weighted by molar-refractivity contribution is 0.103. The standard InChI is InChI=1S/C19H19FN2O2/c1-11-14-3-2-4-16(14)22-17(23)10-9-15(19(22)21-11)18(24)12-5-7-13(20)8-6-12/h5-11,14,16,21H,2-4H2,1H3. The summed E-state index contributed by atoms with van der Waals surface area (Å²) in [5.41, 5.74) is 0.816. The molecule has 3 atom stereocenters. The van der Waals surface area contributed by atoms with Crippen LogP contribution in [-0.4, -0.2) is 16.4 Å². The summed E-state index contributed by atoms with van der Waals surface area (Å²) >= 11 is 0. The highest BCUT2D eigenvalue weighted by Crippen LogP contribution is 2.43. The monoisotopic (exact) mass is 326 g/mol. The maximum atomic E-state index is 13.1. The molecule has 124 valence electrons. The third kappa shape index (κ3) is 2.27. The number of hydrogen-bond donors (Lipinski definition) is 1. The molecule has 2 aromatic rings. The van der Waals surface area contributed by atoms with Gasteiger partial charge < -0.3 is 5.32 Å². The Labute approximate surface area is 139 Å². The van der Waals surface area contributed by atoms with Crippen molar-refractivity contribution in [3.05, 3.63) is 63.7 Å². The number of halogens is 1. The fraction of sp³-hybridized carbons (Fsp3) is 0.368. The van der Waals surface area contributed by atoms with Crippen molar-refractivity contribution in [2.45, 2.75) is 38.3 Å². The first-order valence-corrected chi connectivity index (χ1v) is 8.38. The Hall–Kier alpha value is -2.43. The van der Waals surface area contributed by atoms with E-state index in [0.29, 0.717) is 22.9 Å². The predicted octanol–water partition coefficient (Wildman–Crippen LogP) is 3.37. The van der Waals surface area contributed by atoms with E-state index < -0.39 is 0 Å². The lowest BCUT2D eigenvalue weighted by Gasteiger charge is -2.37. The van der Waals surface area contributed by atoms with Gasteiger partial charge in [0.2, 0.25) is 0 Å². The summed E-state index contributed by atoms with van der Waals surface area (Å²) in [6.45, 7) is 2.11.